The zero-order valence-corrected chi connectivity index (χ0v) is 25.6. The van der Waals surface area contributed by atoms with Crippen LogP contribution < -0.4 is 5.32 Å². The van der Waals surface area contributed by atoms with Crippen molar-refractivity contribution in [3.05, 3.63) is 57.4 Å². The van der Waals surface area contributed by atoms with Crippen molar-refractivity contribution in [1.82, 2.24) is 9.88 Å². The smallest absolute Gasteiger partial charge is 0.303 e. The fourth-order valence-electron chi connectivity index (χ4n) is 4.99. The van der Waals surface area contributed by atoms with E-state index in [0.29, 0.717) is 11.6 Å². The molecule has 1 heterocycles. The number of amides is 1. The predicted molar refractivity (Wildman–Crippen MR) is 155 cm³/mol. The number of hydrogen-bond acceptors (Lipinski definition) is 3. The Hall–Kier alpha value is -2.27. The van der Waals surface area contributed by atoms with Crippen molar-refractivity contribution in [1.29, 1.82) is 0 Å². The number of halogens is 1. The lowest BCUT2D eigenvalue weighted by Crippen LogP contribution is -2.34. The van der Waals surface area contributed by atoms with Crippen LogP contribution in [0.2, 0.25) is 5.02 Å². The van der Waals surface area contributed by atoms with Gasteiger partial charge < -0.3 is 14.6 Å². The number of benzene rings is 1. The van der Waals surface area contributed by atoms with Crippen LogP contribution in [0.4, 0.5) is 0 Å². The number of rotatable bonds is 7. The van der Waals surface area contributed by atoms with Crippen LogP contribution in [0.5, 0.6) is 0 Å². The number of nitrogens with one attached hydrogen (secondary N) is 1. The lowest BCUT2D eigenvalue weighted by molar-refractivity contribution is -0.151. The van der Waals surface area contributed by atoms with E-state index in [0.717, 1.165) is 36.1 Å². The summed E-state index contributed by atoms with van der Waals surface area (Å²) in [4.78, 5) is 23.4. The molecule has 1 fully saturated rings. The van der Waals surface area contributed by atoms with Gasteiger partial charge in [0.1, 0.15) is 5.60 Å². The van der Waals surface area contributed by atoms with E-state index in [1.54, 1.807) is 0 Å². The molecular formula is C31H49ClN2O3. The summed E-state index contributed by atoms with van der Waals surface area (Å²) in [5, 5.41) is 3.85. The summed E-state index contributed by atoms with van der Waals surface area (Å²) in [5.74, 6) is -0.174. The first kappa shape index (κ1) is 32.8. The number of hydrogen-bond donors (Lipinski definition) is 1. The molecule has 1 aliphatic rings. The summed E-state index contributed by atoms with van der Waals surface area (Å²) < 4.78 is 7.12. The minimum atomic E-state index is -0.328. The molecule has 0 spiro atoms. The molecule has 3 rings (SSSR count). The molecule has 1 aromatic carbocycles. The van der Waals surface area contributed by atoms with Gasteiger partial charge in [-0.15, -0.1) is 0 Å². The van der Waals surface area contributed by atoms with Crippen molar-refractivity contribution in [2.24, 2.45) is 7.05 Å². The summed E-state index contributed by atoms with van der Waals surface area (Å²) in [5.41, 5.74) is 5.69. The van der Waals surface area contributed by atoms with E-state index in [1.165, 1.54) is 37.4 Å². The van der Waals surface area contributed by atoms with Crippen LogP contribution in [0.1, 0.15) is 121 Å². The molecule has 1 N–H and O–H groups in total. The Morgan fingerprint density at radius 3 is 2.05 bits per heavy atom. The topological polar surface area (TPSA) is 60.3 Å². The van der Waals surface area contributed by atoms with Crippen molar-refractivity contribution in [3.63, 3.8) is 0 Å². The van der Waals surface area contributed by atoms with Gasteiger partial charge in [0.2, 0.25) is 0 Å². The predicted octanol–water partition coefficient (Wildman–Crippen LogP) is 7.94. The maximum atomic E-state index is 13.2. The lowest BCUT2D eigenvalue weighted by Gasteiger charge is -2.40. The summed E-state index contributed by atoms with van der Waals surface area (Å²) >= 11 is 5.96. The third-order valence-corrected chi connectivity index (χ3v) is 6.78. The highest BCUT2D eigenvalue weighted by Crippen LogP contribution is 2.46. The normalized spacial score (nSPS) is 13.8. The Balaban J connectivity index is 0.000000586. The molecule has 2 aromatic rings. The van der Waals surface area contributed by atoms with Crippen LogP contribution in [0.15, 0.2) is 24.3 Å². The number of nitrogens with zero attached hydrogens (tertiary/aromatic N) is 1. The molecule has 5 nitrogen and oxygen atoms in total. The molecule has 6 heteroatoms. The maximum Gasteiger partial charge on any atom is 0.303 e. The molecular weight excluding hydrogens is 484 g/mol. The summed E-state index contributed by atoms with van der Waals surface area (Å²) in [6.45, 7) is 18.2. The molecule has 0 saturated heterocycles. The molecule has 37 heavy (non-hydrogen) atoms. The van der Waals surface area contributed by atoms with E-state index in [-0.39, 0.29) is 22.9 Å². The first-order valence-electron chi connectivity index (χ1n) is 13.8. The number of carbonyl (C=O) groups is 2. The molecule has 1 amide bonds. The average Bonchev–Trinajstić information content (AvgIpc) is 3.08. The fourth-order valence-corrected chi connectivity index (χ4v) is 5.12. The Morgan fingerprint density at radius 2 is 1.68 bits per heavy atom. The van der Waals surface area contributed by atoms with Crippen molar-refractivity contribution in [2.75, 3.05) is 0 Å². The molecule has 1 aromatic heterocycles. The Kier molecular flexibility index (Phi) is 12.9. The van der Waals surface area contributed by atoms with Gasteiger partial charge in [0, 0.05) is 42.3 Å². The van der Waals surface area contributed by atoms with Crippen molar-refractivity contribution in [2.45, 2.75) is 118 Å². The van der Waals surface area contributed by atoms with Crippen LogP contribution in [-0.4, -0.2) is 22.0 Å². The van der Waals surface area contributed by atoms with E-state index < -0.39 is 0 Å². The maximum absolute atomic E-state index is 13.2. The van der Waals surface area contributed by atoms with E-state index >= 15 is 0 Å². The average molecular weight is 533 g/mol. The standard InChI is InChI=1S/C23H31ClN2O.C6H12O2.C2H6/c1-5-8-18-20(22(27)25-15-16-9-11-17(24)12-10-16)19(6-2)26(4)21(18)23(3)13-7-14-23;1-5(7)8-6(2,3)4;1-2/h9-12H,5-8,13-15H2,1-4H3,(H,25,27);1-4H3;1-2H3. The van der Waals surface area contributed by atoms with Crippen LogP contribution in [0.3, 0.4) is 0 Å². The summed E-state index contributed by atoms with van der Waals surface area (Å²) in [6, 6.07) is 7.65. The third kappa shape index (κ3) is 9.21. The molecule has 0 atom stereocenters. The minimum Gasteiger partial charge on any atom is -0.460 e. The zero-order chi connectivity index (χ0) is 28.4. The number of carbonyl (C=O) groups excluding carboxylic acids is 2. The Bertz CT molecular complexity index is 1010. The summed E-state index contributed by atoms with van der Waals surface area (Å²) in [7, 11) is 2.15. The first-order chi connectivity index (χ1) is 17.3. The van der Waals surface area contributed by atoms with E-state index in [4.69, 9.17) is 16.3 Å². The molecule has 208 valence electrons. The molecule has 1 saturated carbocycles. The number of aromatic nitrogens is 1. The van der Waals surface area contributed by atoms with Gasteiger partial charge in [0.25, 0.3) is 5.91 Å². The first-order valence-corrected chi connectivity index (χ1v) is 14.1. The van der Waals surface area contributed by atoms with E-state index in [2.05, 4.69) is 37.7 Å². The van der Waals surface area contributed by atoms with Crippen LogP contribution >= 0.6 is 11.6 Å². The SMILES string of the molecule is CC.CC(=O)OC(C)(C)C.CCCc1c(C(=O)NCc2ccc(Cl)cc2)c(CC)n(C)c1C1(C)CCC1. The van der Waals surface area contributed by atoms with Gasteiger partial charge >= 0.3 is 5.97 Å². The molecule has 1 aliphatic carbocycles. The third-order valence-electron chi connectivity index (χ3n) is 6.52. The quantitative estimate of drug-likeness (QED) is 0.368. The van der Waals surface area contributed by atoms with Crippen molar-refractivity contribution >= 4 is 23.5 Å². The molecule has 0 aliphatic heterocycles. The zero-order valence-electron chi connectivity index (χ0n) is 24.8. The van der Waals surface area contributed by atoms with Crippen molar-refractivity contribution in [3.8, 4) is 0 Å². The van der Waals surface area contributed by atoms with Crippen LogP contribution in [0, 0.1) is 0 Å². The van der Waals surface area contributed by atoms with Gasteiger partial charge in [-0.25, -0.2) is 0 Å². The second kappa shape index (κ2) is 14.6. The van der Waals surface area contributed by atoms with E-state index in [9.17, 15) is 9.59 Å². The van der Waals surface area contributed by atoms with Crippen molar-refractivity contribution < 1.29 is 14.3 Å². The van der Waals surface area contributed by atoms with Crippen LogP contribution in [0.25, 0.3) is 0 Å². The summed E-state index contributed by atoms with van der Waals surface area (Å²) in [6.07, 6.45) is 6.60. The molecule has 0 bridgehead atoms. The minimum absolute atomic E-state index is 0.0509. The van der Waals surface area contributed by atoms with Gasteiger partial charge in [0.15, 0.2) is 0 Å². The number of ether oxygens (including phenoxy) is 1. The highest BCUT2D eigenvalue weighted by Gasteiger charge is 2.40. The lowest BCUT2D eigenvalue weighted by atomic mass is 9.67. The monoisotopic (exact) mass is 532 g/mol. The van der Waals surface area contributed by atoms with Gasteiger partial charge in [-0.2, -0.15) is 0 Å². The Morgan fingerprint density at radius 1 is 1.11 bits per heavy atom. The van der Waals surface area contributed by atoms with Crippen LogP contribution in [-0.2, 0) is 41.4 Å². The largest absolute Gasteiger partial charge is 0.460 e. The van der Waals surface area contributed by atoms with Gasteiger partial charge in [-0.3, -0.25) is 9.59 Å². The van der Waals surface area contributed by atoms with Gasteiger partial charge in [-0.1, -0.05) is 71.2 Å². The van der Waals surface area contributed by atoms with Gasteiger partial charge in [-0.05, 0) is 69.7 Å². The molecule has 0 radical (unpaired) electrons. The number of esters is 1. The highest BCUT2D eigenvalue weighted by molar-refractivity contribution is 6.30. The fraction of sp³-hybridized carbons (Fsp3) is 0.613. The second-order valence-electron chi connectivity index (χ2n) is 10.7. The Labute approximate surface area is 230 Å². The van der Waals surface area contributed by atoms with E-state index in [1.807, 2.05) is 58.9 Å². The second-order valence-corrected chi connectivity index (χ2v) is 11.2. The van der Waals surface area contributed by atoms with Gasteiger partial charge in [0.05, 0.1) is 5.56 Å². The molecule has 0 unspecified atom stereocenters. The highest BCUT2D eigenvalue weighted by atomic mass is 35.5.